The summed E-state index contributed by atoms with van der Waals surface area (Å²) in [6.07, 6.45) is 4.07. The third-order valence-electron chi connectivity index (χ3n) is 4.90. The minimum atomic E-state index is 0.445. The molecule has 3 heteroatoms. The zero-order valence-corrected chi connectivity index (χ0v) is 14.5. The summed E-state index contributed by atoms with van der Waals surface area (Å²) in [5.41, 5.74) is 0.445. The van der Waals surface area contributed by atoms with Gasteiger partial charge in [0, 0.05) is 26.2 Å². The molecule has 0 aromatic carbocycles. The van der Waals surface area contributed by atoms with Crippen molar-refractivity contribution in [1.29, 1.82) is 0 Å². The lowest BCUT2D eigenvalue weighted by Gasteiger charge is -2.43. The van der Waals surface area contributed by atoms with Gasteiger partial charge in [-0.1, -0.05) is 27.7 Å². The van der Waals surface area contributed by atoms with Gasteiger partial charge in [0.2, 0.25) is 0 Å². The molecule has 0 radical (unpaired) electrons. The number of likely N-dealkylation sites (N-methyl/N-ethyl adjacent to an activating group) is 1. The van der Waals surface area contributed by atoms with Crippen LogP contribution in [-0.4, -0.2) is 51.3 Å². The summed E-state index contributed by atoms with van der Waals surface area (Å²) < 4.78 is 5.19. The second-order valence-electron chi connectivity index (χ2n) is 7.56. The average Bonchev–Trinajstić information content (AvgIpc) is 2.37. The maximum atomic E-state index is 5.19. The van der Waals surface area contributed by atoms with Gasteiger partial charge >= 0.3 is 0 Å². The van der Waals surface area contributed by atoms with Crippen molar-refractivity contribution in [3.63, 3.8) is 0 Å². The smallest absolute Gasteiger partial charge is 0.0589 e. The van der Waals surface area contributed by atoms with Crippen molar-refractivity contribution in [3.05, 3.63) is 0 Å². The molecule has 0 spiro atoms. The molecule has 0 aliphatic heterocycles. The number of nitrogens with zero attached hydrogens (tertiary/aromatic N) is 1. The molecule has 20 heavy (non-hydrogen) atoms. The van der Waals surface area contributed by atoms with Crippen LogP contribution in [0.25, 0.3) is 0 Å². The van der Waals surface area contributed by atoms with Crippen LogP contribution in [0.4, 0.5) is 0 Å². The summed E-state index contributed by atoms with van der Waals surface area (Å²) in [6, 6.07) is 0.698. The number of methoxy groups -OCH3 is 1. The average molecular weight is 284 g/mol. The highest BCUT2D eigenvalue weighted by Gasteiger charge is 2.35. The molecular weight excluding hydrogens is 248 g/mol. The molecule has 0 aromatic rings. The molecule has 1 saturated carbocycles. The Morgan fingerprint density at radius 2 is 1.95 bits per heavy atom. The van der Waals surface area contributed by atoms with E-state index in [9.17, 15) is 0 Å². The van der Waals surface area contributed by atoms with Gasteiger partial charge in [-0.2, -0.15) is 0 Å². The highest BCUT2D eigenvalue weighted by Crippen LogP contribution is 2.40. The molecule has 0 amide bonds. The first-order valence-corrected chi connectivity index (χ1v) is 8.29. The number of hydrogen-bond acceptors (Lipinski definition) is 3. The quantitative estimate of drug-likeness (QED) is 0.778. The molecule has 0 heterocycles. The monoisotopic (exact) mass is 284 g/mol. The van der Waals surface area contributed by atoms with Gasteiger partial charge in [0.25, 0.3) is 0 Å². The highest BCUT2D eigenvalue weighted by atomic mass is 16.5. The molecule has 3 atom stereocenters. The predicted molar refractivity (Wildman–Crippen MR) is 87.1 cm³/mol. The second-order valence-corrected chi connectivity index (χ2v) is 7.56. The summed E-state index contributed by atoms with van der Waals surface area (Å²) in [6.45, 7) is 13.6. The fourth-order valence-corrected chi connectivity index (χ4v) is 3.52. The molecule has 0 saturated heterocycles. The van der Waals surface area contributed by atoms with E-state index in [0.717, 1.165) is 31.5 Å². The normalized spacial score (nSPS) is 28.1. The van der Waals surface area contributed by atoms with Crippen LogP contribution in [0, 0.1) is 17.3 Å². The largest absolute Gasteiger partial charge is 0.383 e. The SMILES string of the molecule is CCNC1CCC(C(C)(C)C)CC1CN(C)CCOC. The Morgan fingerprint density at radius 3 is 2.50 bits per heavy atom. The lowest BCUT2D eigenvalue weighted by atomic mass is 9.67. The van der Waals surface area contributed by atoms with E-state index in [0.29, 0.717) is 11.5 Å². The lowest BCUT2D eigenvalue weighted by molar-refractivity contribution is 0.0848. The Hall–Kier alpha value is -0.120. The first-order valence-electron chi connectivity index (χ1n) is 8.29. The van der Waals surface area contributed by atoms with Crippen LogP contribution in [-0.2, 0) is 4.74 Å². The number of hydrogen-bond donors (Lipinski definition) is 1. The van der Waals surface area contributed by atoms with Gasteiger partial charge in [-0.3, -0.25) is 0 Å². The standard InChI is InChI=1S/C17H36N2O/c1-7-18-16-9-8-15(17(2,3)4)12-14(16)13-19(5)10-11-20-6/h14-16,18H,7-13H2,1-6H3. The Labute approximate surface area is 126 Å². The van der Waals surface area contributed by atoms with Gasteiger partial charge in [-0.25, -0.2) is 0 Å². The van der Waals surface area contributed by atoms with Crippen molar-refractivity contribution >= 4 is 0 Å². The first-order chi connectivity index (χ1) is 9.38. The molecule has 0 aromatic heterocycles. The number of rotatable bonds is 7. The fourth-order valence-electron chi connectivity index (χ4n) is 3.52. The molecule has 3 nitrogen and oxygen atoms in total. The summed E-state index contributed by atoms with van der Waals surface area (Å²) in [5.74, 6) is 1.63. The van der Waals surface area contributed by atoms with Gasteiger partial charge in [0.05, 0.1) is 6.61 Å². The zero-order chi connectivity index (χ0) is 15.2. The van der Waals surface area contributed by atoms with E-state index in [1.807, 2.05) is 0 Å². The van der Waals surface area contributed by atoms with Crippen molar-refractivity contribution in [2.75, 3.05) is 40.4 Å². The lowest BCUT2D eigenvalue weighted by Crippen LogP contribution is -2.47. The number of nitrogens with one attached hydrogen (secondary N) is 1. The number of ether oxygens (including phenoxy) is 1. The van der Waals surface area contributed by atoms with Gasteiger partial charge < -0.3 is 15.0 Å². The molecule has 3 unspecified atom stereocenters. The van der Waals surface area contributed by atoms with Crippen molar-refractivity contribution in [1.82, 2.24) is 10.2 Å². The van der Waals surface area contributed by atoms with Crippen molar-refractivity contribution in [2.45, 2.75) is 53.0 Å². The highest BCUT2D eigenvalue weighted by molar-refractivity contribution is 4.90. The Bertz CT molecular complexity index is 262. The Morgan fingerprint density at radius 1 is 1.25 bits per heavy atom. The fraction of sp³-hybridized carbons (Fsp3) is 1.00. The van der Waals surface area contributed by atoms with Crippen LogP contribution in [0.5, 0.6) is 0 Å². The van der Waals surface area contributed by atoms with Crippen LogP contribution >= 0.6 is 0 Å². The van der Waals surface area contributed by atoms with Crippen molar-refractivity contribution in [3.8, 4) is 0 Å². The maximum absolute atomic E-state index is 5.19. The zero-order valence-electron chi connectivity index (χ0n) is 14.5. The Kier molecular flexibility index (Phi) is 7.49. The minimum absolute atomic E-state index is 0.445. The van der Waals surface area contributed by atoms with Crippen LogP contribution in [0.1, 0.15) is 47.0 Å². The van der Waals surface area contributed by atoms with E-state index in [-0.39, 0.29) is 0 Å². The Balaban J connectivity index is 2.58. The van der Waals surface area contributed by atoms with Crippen LogP contribution in [0.15, 0.2) is 0 Å². The van der Waals surface area contributed by atoms with Crippen LogP contribution in [0.3, 0.4) is 0 Å². The van der Waals surface area contributed by atoms with Crippen LogP contribution < -0.4 is 5.32 Å². The van der Waals surface area contributed by atoms with Crippen molar-refractivity contribution in [2.24, 2.45) is 17.3 Å². The second kappa shape index (κ2) is 8.35. The molecular formula is C17H36N2O. The van der Waals surface area contributed by atoms with E-state index >= 15 is 0 Å². The minimum Gasteiger partial charge on any atom is -0.383 e. The molecule has 120 valence electrons. The predicted octanol–water partition coefficient (Wildman–Crippen LogP) is 3.01. The molecule has 1 aliphatic carbocycles. The van der Waals surface area contributed by atoms with Gasteiger partial charge in [0.15, 0.2) is 0 Å². The maximum Gasteiger partial charge on any atom is 0.0589 e. The van der Waals surface area contributed by atoms with Gasteiger partial charge in [-0.15, -0.1) is 0 Å². The van der Waals surface area contributed by atoms with Crippen LogP contribution in [0.2, 0.25) is 0 Å². The van der Waals surface area contributed by atoms with Gasteiger partial charge in [0.1, 0.15) is 0 Å². The molecule has 1 N–H and O–H groups in total. The molecule has 1 rings (SSSR count). The summed E-state index contributed by atoms with van der Waals surface area (Å²) in [4.78, 5) is 2.43. The summed E-state index contributed by atoms with van der Waals surface area (Å²) >= 11 is 0. The summed E-state index contributed by atoms with van der Waals surface area (Å²) in [5, 5.41) is 3.71. The van der Waals surface area contributed by atoms with E-state index in [2.05, 4.69) is 45.0 Å². The third kappa shape index (κ3) is 5.71. The molecule has 1 fully saturated rings. The first kappa shape index (κ1) is 17.9. The third-order valence-corrected chi connectivity index (χ3v) is 4.90. The molecule has 1 aliphatic rings. The molecule has 0 bridgehead atoms. The van der Waals surface area contributed by atoms with E-state index in [1.165, 1.54) is 25.8 Å². The van der Waals surface area contributed by atoms with E-state index in [4.69, 9.17) is 4.74 Å². The summed E-state index contributed by atoms with van der Waals surface area (Å²) in [7, 11) is 4.01. The van der Waals surface area contributed by atoms with Gasteiger partial charge in [-0.05, 0) is 50.1 Å². The topological polar surface area (TPSA) is 24.5 Å². The van der Waals surface area contributed by atoms with E-state index < -0.39 is 0 Å². The van der Waals surface area contributed by atoms with Crippen molar-refractivity contribution < 1.29 is 4.74 Å². The van der Waals surface area contributed by atoms with E-state index in [1.54, 1.807) is 7.11 Å².